The molecule has 0 amide bonds. The maximum atomic E-state index is 11.9. The van der Waals surface area contributed by atoms with Crippen molar-refractivity contribution in [1.29, 1.82) is 0 Å². The second-order valence-electron chi connectivity index (χ2n) is 5.76. The van der Waals surface area contributed by atoms with Crippen LogP contribution in [0.5, 0.6) is 0 Å². The Balaban J connectivity index is 2.41. The van der Waals surface area contributed by atoms with Crippen molar-refractivity contribution < 1.29 is 9.53 Å². The van der Waals surface area contributed by atoms with Gasteiger partial charge in [-0.05, 0) is 19.8 Å². The maximum absolute atomic E-state index is 11.9. The van der Waals surface area contributed by atoms with E-state index in [1.54, 1.807) is 11.3 Å². The summed E-state index contributed by atoms with van der Waals surface area (Å²) in [5.41, 5.74) is 0.655. The van der Waals surface area contributed by atoms with Crippen LogP contribution in [0.2, 0.25) is 0 Å². The molecular weight excluding hydrogens is 234 g/mol. The number of methoxy groups -OCH3 is 1. The van der Waals surface area contributed by atoms with E-state index in [0.717, 1.165) is 28.4 Å². The van der Waals surface area contributed by atoms with Crippen molar-refractivity contribution in [3.63, 3.8) is 0 Å². The van der Waals surface area contributed by atoms with Crippen LogP contribution in [-0.2, 0) is 20.4 Å². The molecule has 0 spiro atoms. The molecule has 0 radical (unpaired) electrons. The van der Waals surface area contributed by atoms with Gasteiger partial charge in [-0.3, -0.25) is 4.79 Å². The highest BCUT2D eigenvalue weighted by Crippen LogP contribution is 2.53. The molecule has 1 aromatic heterocycles. The molecule has 0 bridgehead atoms. The van der Waals surface area contributed by atoms with Crippen LogP contribution in [0.25, 0.3) is 0 Å². The molecule has 0 aromatic carbocycles. The van der Waals surface area contributed by atoms with Gasteiger partial charge in [0.25, 0.3) is 0 Å². The predicted molar refractivity (Wildman–Crippen MR) is 68.5 cm³/mol. The van der Waals surface area contributed by atoms with Crippen LogP contribution in [-0.4, -0.2) is 18.1 Å². The third kappa shape index (κ3) is 1.99. The van der Waals surface area contributed by atoms with E-state index in [0.29, 0.717) is 0 Å². The van der Waals surface area contributed by atoms with Crippen molar-refractivity contribution in [2.24, 2.45) is 0 Å². The summed E-state index contributed by atoms with van der Waals surface area (Å²) in [6, 6.07) is 0. The molecule has 0 saturated heterocycles. The average Bonchev–Trinajstić information content (AvgIpc) is 2.94. The Kier molecular flexibility index (Phi) is 2.81. The summed E-state index contributed by atoms with van der Waals surface area (Å²) in [5.74, 6) is -0.107. The summed E-state index contributed by atoms with van der Waals surface area (Å²) in [6.07, 6.45) is 1.79. The lowest BCUT2D eigenvalue weighted by molar-refractivity contribution is -0.143. The van der Waals surface area contributed by atoms with Crippen LogP contribution >= 0.6 is 11.3 Å². The Bertz CT molecular complexity index is 452. The minimum Gasteiger partial charge on any atom is -0.468 e. The fourth-order valence-electron chi connectivity index (χ4n) is 2.01. The average molecular weight is 253 g/mol. The van der Waals surface area contributed by atoms with E-state index in [-0.39, 0.29) is 16.8 Å². The van der Waals surface area contributed by atoms with Crippen molar-refractivity contribution in [2.45, 2.75) is 51.4 Å². The van der Waals surface area contributed by atoms with Gasteiger partial charge in [0.15, 0.2) is 0 Å². The van der Waals surface area contributed by atoms with E-state index in [1.165, 1.54) is 7.11 Å². The van der Waals surface area contributed by atoms with Gasteiger partial charge >= 0.3 is 5.97 Å². The number of esters is 1. The highest BCUT2D eigenvalue weighted by Gasteiger charge is 2.55. The van der Waals surface area contributed by atoms with E-state index < -0.39 is 0 Å². The number of rotatable bonds is 2. The summed E-state index contributed by atoms with van der Waals surface area (Å²) >= 11 is 1.67. The SMILES string of the molecule is COC(=O)C1(c2sc(C(C)(C)C)nc2C)CC1. The first-order valence-electron chi connectivity index (χ1n) is 5.88. The molecule has 1 aromatic rings. The van der Waals surface area contributed by atoms with E-state index in [2.05, 4.69) is 25.8 Å². The Morgan fingerprint density at radius 3 is 2.35 bits per heavy atom. The molecule has 0 N–H and O–H groups in total. The van der Waals surface area contributed by atoms with Gasteiger partial charge in [0.2, 0.25) is 0 Å². The maximum Gasteiger partial charge on any atom is 0.317 e. The van der Waals surface area contributed by atoms with Crippen molar-refractivity contribution in [3.8, 4) is 0 Å². The second kappa shape index (κ2) is 3.80. The standard InChI is InChI=1S/C13H19NO2S/c1-8-9(13(6-7-13)11(15)16-5)17-10(14-8)12(2,3)4/h6-7H2,1-5H3. The third-order valence-corrected chi connectivity index (χ3v) is 4.99. The highest BCUT2D eigenvalue weighted by atomic mass is 32.1. The Hall–Kier alpha value is -0.900. The van der Waals surface area contributed by atoms with Crippen LogP contribution in [0.3, 0.4) is 0 Å². The number of thiazole rings is 1. The first kappa shape index (κ1) is 12.6. The van der Waals surface area contributed by atoms with E-state index in [9.17, 15) is 4.79 Å². The highest BCUT2D eigenvalue weighted by molar-refractivity contribution is 7.12. The zero-order chi connectivity index (χ0) is 12.8. The zero-order valence-electron chi connectivity index (χ0n) is 11.1. The predicted octanol–water partition coefficient (Wildman–Crippen LogP) is 2.95. The molecule has 3 nitrogen and oxygen atoms in total. The molecule has 1 aliphatic carbocycles. The normalized spacial score (nSPS) is 17.9. The number of carbonyl (C=O) groups is 1. The molecule has 17 heavy (non-hydrogen) atoms. The van der Waals surface area contributed by atoms with E-state index in [4.69, 9.17) is 4.74 Å². The van der Waals surface area contributed by atoms with E-state index >= 15 is 0 Å². The first-order chi connectivity index (χ1) is 7.81. The molecule has 4 heteroatoms. The summed E-state index contributed by atoms with van der Waals surface area (Å²) in [4.78, 5) is 17.6. The number of nitrogens with zero attached hydrogens (tertiary/aromatic N) is 1. The van der Waals surface area contributed by atoms with Gasteiger partial charge in [-0.15, -0.1) is 11.3 Å². The number of ether oxygens (including phenoxy) is 1. The summed E-state index contributed by atoms with van der Waals surface area (Å²) < 4.78 is 4.92. The lowest BCUT2D eigenvalue weighted by Crippen LogP contribution is -2.21. The Labute approximate surface area is 106 Å². The lowest BCUT2D eigenvalue weighted by Gasteiger charge is -2.14. The largest absolute Gasteiger partial charge is 0.468 e. The van der Waals surface area contributed by atoms with Gasteiger partial charge in [-0.25, -0.2) is 4.98 Å². The fraction of sp³-hybridized carbons (Fsp3) is 0.692. The summed E-state index contributed by atoms with van der Waals surface area (Å²) in [7, 11) is 1.46. The minimum atomic E-state index is -0.375. The molecule has 1 aliphatic rings. The van der Waals surface area contributed by atoms with Gasteiger partial charge in [-0.1, -0.05) is 20.8 Å². The van der Waals surface area contributed by atoms with Crippen LogP contribution in [0.15, 0.2) is 0 Å². The molecule has 0 aliphatic heterocycles. The summed E-state index contributed by atoms with van der Waals surface area (Å²) in [5, 5.41) is 1.10. The molecule has 94 valence electrons. The van der Waals surface area contributed by atoms with E-state index in [1.807, 2.05) is 6.92 Å². The topological polar surface area (TPSA) is 39.2 Å². The molecule has 2 rings (SSSR count). The second-order valence-corrected chi connectivity index (χ2v) is 6.76. The third-order valence-electron chi connectivity index (χ3n) is 3.20. The molecule has 1 saturated carbocycles. The molecule has 0 atom stereocenters. The number of hydrogen-bond acceptors (Lipinski definition) is 4. The van der Waals surface area contributed by atoms with Crippen LogP contribution in [0.4, 0.5) is 0 Å². The Morgan fingerprint density at radius 1 is 1.41 bits per heavy atom. The number of aromatic nitrogens is 1. The number of carbonyl (C=O) groups excluding carboxylic acids is 1. The van der Waals surface area contributed by atoms with Crippen molar-refractivity contribution in [2.75, 3.05) is 7.11 Å². The van der Waals surface area contributed by atoms with Crippen molar-refractivity contribution in [1.82, 2.24) is 4.98 Å². The molecular formula is C13H19NO2S. The monoisotopic (exact) mass is 253 g/mol. The Morgan fingerprint density at radius 2 is 2.00 bits per heavy atom. The van der Waals surface area contributed by atoms with Gasteiger partial charge in [0.05, 0.1) is 17.8 Å². The molecule has 0 unspecified atom stereocenters. The van der Waals surface area contributed by atoms with Gasteiger partial charge < -0.3 is 4.74 Å². The van der Waals surface area contributed by atoms with Crippen LogP contribution in [0, 0.1) is 6.92 Å². The lowest BCUT2D eigenvalue weighted by atomic mass is 9.98. The van der Waals surface area contributed by atoms with Gasteiger partial charge in [-0.2, -0.15) is 0 Å². The van der Waals surface area contributed by atoms with Gasteiger partial charge in [0.1, 0.15) is 5.41 Å². The minimum absolute atomic E-state index is 0.0415. The molecule has 1 fully saturated rings. The smallest absolute Gasteiger partial charge is 0.317 e. The summed E-state index contributed by atoms with van der Waals surface area (Å²) in [6.45, 7) is 8.43. The zero-order valence-corrected chi connectivity index (χ0v) is 11.9. The fourth-order valence-corrected chi connectivity index (χ4v) is 3.36. The van der Waals surface area contributed by atoms with Gasteiger partial charge in [0, 0.05) is 10.3 Å². The quantitative estimate of drug-likeness (QED) is 0.761. The first-order valence-corrected chi connectivity index (χ1v) is 6.70. The molecule has 1 heterocycles. The number of hydrogen-bond donors (Lipinski definition) is 0. The van der Waals surface area contributed by atoms with Crippen molar-refractivity contribution >= 4 is 17.3 Å². The number of aryl methyl sites for hydroxylation is 1. The van der Waals surface area contributed by atoms with Crippen LogP contribution < -0.4 is 0 Å². The van der Waals surface area contributed by atoms with Crippen LogP contribution in [0.1, 0.15) is 49.2 Å². The van der Waals surface area contributed by atoms with Crippen molar-refractivity contribution in [3.05, 3.63) is 15.6 Å².